The predicted octanol–water partition coefficient (Wildman–Crippen LogP) is 4.38. The Morgan fingerprint density at radius 3 is 2.27 bits per heavy atom. The van der Waals surface area contributed by atoms with Crippen molar-refractivity contribution in [1.82, 2.24) is 4.31 Å². The monoisotopic (exact) mass is 444 g/mol. The van der Waals surface area contributed by atoms with Crippen LogP contribution in [0.25, 0.3) is 0 Å². The maximum Gasteiger partial charge on any atom is 0.243 e. The lowest BCUT2D eigenvalue weighted by Gasteiger charge is -2.22. The lowest BCUT2D eigenvalue weighted by atomic mass is 10.2. The summed E-state index contributed by atoms with van der Waals surface area (Å²) in [7, 11) is -4.02. The molecule has 1 N–H and O–H groups in total. The first-order valence-electron chi connectivity index (χ1n) is 9.12. The van der Waals surface area contributed by atoms with Crippen LogP contribution >= 0.6 is 11.8 Å². The Morgan fingerprint density at radius 2 is 1.60 bits per heavy atom. The summed E-state index contributed by atoms with van der Waals surface area (Å²) >= 11 is 1.48. The van der Waals surface area contributed by atoms with Crippen molar-refractivity contribution < 1.29 is 17.6 Å². The molecular formula is C22H21FN2O3S2. The lowest BCUT2D eigenvalue weighted by Crippen LogP contribution is -2.37. The number of halogens is 1. The molecule has 0 saturated carbocycles. The quantitative estimate of drug-likeness (QED) is 0.524. The van der Waals surface area contributed by atoms with Crippen LogP contribution in [0.4, 0.5) is 10.1 Å². The van der Waals surface area contributed by atoms with E-state index in [4.69, 9.17) is 0 Å². The molecule has 5 nitrogen and oxygen atoms in total. The van der Waals surface area contributed by atoms with E-state index in [-0.39, 0.29) is 18.0 Å². The fourth-order valence-corrected chi connectivity index (χ4v) is 4.80. The molecule has 0 heterocycles. The fourth-order valence-electron chi connectivity index (χ4n) is 2.87. The van der Waals surface area contributed by atoms with Crippen molar-refractivity contribution in [2.75, 3.05) is 18.1 Å². The van der Waals surface area contributed by atoms with Gasteiger partial charge in [0.25, 0.3) is 0 Å². The van der Waals surface area contributed by atoms with Crippen molar-refractivity contribution in [1.29, 1.82) is 0 Å². The zero-order chi connectivity index (χ0) is 21.6. The number of carbonyl (C=O) groups excluding carboxylic acids is 1. The zero-order valence-electron chi connectivity index (χ0n) is 16.3. The molecule has 0 aliphatic heterocycles. The largest absolute Gasteiger partial charge is 0.324 e. The average molecular weight is 445 g/mol. The minimum Gasteiger partial charge on any atom is -0.324 e. The van der Waals surface area contributed by atoms with Crippen molar-refractivity contribution in [3.05, 3.63) is 90.2 Å². The van der Waals surface area contributed by atoms with E-state index in [0.717, 1.165) is 26.9 Å². The van der Waals surface area contributed by atoms with Crippen LogP contribution in [0, 0.1) is 5.82 Å². The number of benzene rings is 3. The SMILES string of the molecule is CSc1ccccc1NC(=O)CN(Cc1ccccc1)S(=O)(=O)c1ccc(F)cc1. The summed E-state index contributed by atoms with van der Waals surface area (Å²) in [4.78, 5) is 13.5. The molecule has 30 heavy (non-hydrogen) atoms. The molecule has 0 aromatic heterocycles. The summed E-state index contributed by atoms with van der Waals surface area (Å²) in [6.07, 6.45) is 1.89. The summed E-state index contributed by atoms with van der Waals surface area (Å²) in [6.45, 7) is -0.366. The molecule has 0 atom stereocenters. The van der Waals surface area contributed by atoms with Gasteiger partial charge in [0.1, 0.15) is 5.82 Å². The molecule has 0 fully saturated rings. The number of amides is 1. The number of hydrogen-bond donors (Lipinski definition) is 1. The van der Waals surface area contributed by atoms with Gasteiger partial charge in [0.2, 0.25) is 15.9 Å². The van der Waals surface area contributed by atoms with Gasteiger partial charge < -0.3 is 5.32 Å². The lowest BCUT2D eigenvalue weighted by molar-refractivity contribution is -0.116. The van der Waals surface area contributed by atoms with Crippen molar-refractivity contribution in [2.24, 2.45) is 0 Å². The van der Waals surface area contributed by atoms with E-state index < -0.39 is 21.7 Å². The standard InChI is InChI=1S/C22H21FN2O3S2/c1-29-21-10-6-5-9-20(21)24-22(26)16-25(15-17-7-3-2-4-8-17)30(27,28)19-13-11-18(23)12-14-19/h2-14H,15-16H2,1H3,(H,24,26). The molecule has 156 valence electrons. The number of rotatable bonds is 8. The Balaban J connectivity index is 1.87. The Morgan fingerprint density at radius 1 is 0.967 bits per heavy atom. The third kappa shape index (κ3) is 5.47. The van der Waals surface area contributed by atoms with Gasteiger partial charge in [-0.3, -0.25) is 4.79 Å². The fraction of sp³-hybridized carbons (Fsp3) is 0.136. The second kappa shape index (κ2) is 9.88. The van der Waals surface area contributed by atoms with Crippen molar-refractivity contribution in [3.8, 4) is 0 Å². The highest BCUT2D eigenvalue weighted by atomic mass is 32.2. The highest BCUT2D eigenvalue weighted by Gasteiger charge is 2.27. The van der Waals surface area contributed by atoms with Gasteiger partial charge in [-0.15, -0.1) is 11.8 Å². The summed E-state index contributed by atoms with van der Waals surface area (Å²) in [6, 6.07) is 20.9. The van der Waals surface area contributed by atoms with Crippen LogP contribution in [-0.4, -0.2) is 31.4 Å². The first-order valence-corrected chi connectivity index (χ1v) is 11.8. The molecule has 8 heteroatoms. The van der Waals surface area contributed by atoms with Crippen molar-refractivity contribution >= 4 is 33.4 Å². The summed E-state index contributed by atoms with van der Waals surface area (Å²) in [5.41, 5.74) is 1.36. The van der Waals surface area contributed by atoms with Crippen molar-refractivity contribution in [2.45, 2.75) is 16.3 Å². The van der Waals surface area contributed by atoms with Crippen LogP contribution in [0.3, 0.4) is 0 Å². The number of sulfonamides is 1. The molecule has 0 aliphatic carbocycles. The summed E-state index contributed by atoms with van der Waals surface area (Å²) in [5, 5.41) is 2.78. The molecular weight excluding hydrogens is 423 g/mol. The molecule has 3 rings (SSSR count). The number of carbonyl (C=O) groups is 1. The van der Waals surface area contributed by atoms with E-state index in [2.05, 4.69) is 5.32 Å². The van der Waals surface area contributed by atoms with E-state index >= 15 is 0 Å². The average Bonchev–Trinajstić information content (AvgIpc) is 2.74. The number of anilines is 1. The van der Waals surface area contributed by atoms with Gasteiger partial charge in [0.05, 0.1) is 17.1 Å². The summed E-state index contributed by atoms with van der Waals surface area (Å²) < 4.78 is 40.7. The molecule has 1 amide bonds. The topological polar surface area (TPSA) is 66.5 Å². The van der Waals surface area contributed by atoms with E-state index in [1.807, 2.05) is 24.5 Å². The van der Waals surface area contributed by atoms with Crippen LogP contribution in [-0.2, 0) is 21.4 Å². The third-order valence-corrected chi connectivity index (χ3v) is 6.96. The van der Waals surface area contributed by atoms with Gasteiger partial charge in [-0.05, 0) is 48.2 Å². The first-order chi connectivity index (χ1) is 14.4. The van der Waals surface area contributed by atoms with Crippen LogP contribution in [0.5, 0.6) is 0 Å². The molecule has 0 saturated heterocycles. The van der Waals surface area contributed by atoms with Gasteiger partial charge in [-0.25, -0.2) is 12.8 Å². The second-order valence-corrected chi connectivity index (χ2v) is 9.25. The van der Waals surface area contributed by atoms with Gasteiger partial charge in [-0.1, -0.05) is 42.5 Å². The maximum atomic E-state index is 13.3. The molecule has 0 unspecified atom stereocenters. The summed E-state index contributed by atoms with van der Waals surface area (Å²) in [5.74, 6) is -0.993. The number of thioether (sulfide) groups is 1. The molecule has 0 spiro atoms. The van der Waals surface area contributed by atoms with Crippen LogP contribution in [0.15, 0.2) is 88.7 Å². The second-order valence-electron chi connectivity index (χ2n) is 6.46. The van der Waals surface area contributed by atoms with Crippen LogP contribution < -0.4 is 5.32 Å². The number of hydrogen-bond acceptors (Lipinski definition) is 4. The highest BCUT2D eigenvalue weighted by molar-refractivity contribution is 7.98. The van der Waals surface area contributed by atoms with E-state index in [1.54, 1.807) is 36.4 Å². The van der Waals surface area contributed by atoms with E-state index in [1.165, 1.54) is 23.9 Å². The minimum absolute atomic E-state index is 0.0120. The molecule has 3 aromatic carbocycles. The number of nitrogens with one attached hydrogen (secondary N) is 1. The minimum atomic E-state index is -4.02. The van der Waals surface area contributed by atoms with Gasteiger partial charge in [0, 0.05) is 11.4 Å². The molecule has 0 aliphatic rings. The van der Waals surface area contributed by atoms with E-state index in [0.29, 0.717) is 5.69 Å². The molecule has 0 radical (unpaired) electrons. The maximum absolute atomic E-state index is 13.3. The highest BCUT2D eigenvalue weighted by Crippen LogP contribution is 2.25. The number of nitrogens with zero attached hydrogens (tertiary/aromatic N) is 1. The van der Waals surface area contributed by atoms with Crippen LogP contribution in [0.2, 0.25) is 0 Å². The van der Waals surface area contributed by atoms with Gasteiger partial charge >= 0.3 is 0 Å². The molecule has 3 aromatic rings. The predicted molar refractivity (Wildman–Crippen MR) is 117 cm³/mol. The van der Waals surface area contributed by atoms with Gasteiger partial charge in [-0.2, -0.15) is 4.31 Å². The Hall–Kier alpha value is -2.68. The first kappa shape index (κ1) is 22.0. The number of para-hydroxylation sites is 1. The van der Waals surface area contributed by atoms with Gasteiger partial charge in [0.15, 0.2) is 0 Å². The third-order valence-electron chi connectivity index (χ3n) is 4.35. The molecule has 0 bridgehead atoms. The van der Waals surface area contributed by atoms with E-state index in [9.17, 15) is 17.6 Å². The van der Waals surface area contributed by atoms with Crippen LogP contribution in [0.1, 0.15) is 5.56 Å². The smallest absolute Gasteiger partial charge is 0.243 e. The Labute approximate surface area is 180 Å². The van der Waals surface area contributed by atoms with Crippen molar-refractivity contribution in [3.63, 3.8) is 0 Å². The normalized spacial score (nSPS) is 11.4. The Kier molecular flexibility index (Phi) is 7.25. The zero-order valence-corrected chi connectivity index (χ0v) is 17.9. The Bertz CT molecular complexity index is 1100.